The number of aromatic amines is 1. The van der Waals surface area contributed by atoms with E-state index in [0.29, 0.717) is 17.8 Å². The van der Waals surface area contributed by atoms with Crippen molar-refractivity contribution in [1.29, 1.82) is 0 Å². The van der Waals surface area contributed by atoms with Gasteiger partial charge in [0.15, 0.2) is 0 Å². The Hall–Kier alpha value is -3.06. The quantitative estimate of drug-likeness (QED) is 0.580. The van der Waals surface area contributed by atoms with Crippen molar-refractivity contribution in [2.24, 2.45) is 0 Å². The number of amides is 1. The fourth-order valence-corrected chi connectivity index (χ4v) is 3.99. The van der Waals surface area contributed by atoms with Crippen molar-refractivity contribution in [2.45, 2.75) is 46.3 Å². The summed E-state index contributed by atoms with van der Waals surface area (Å²) in [5.74, 6) is -0.0553. The van der Waals surface area contributed by atoms with Crippen LogP contribution in [0, 0.1) is 6.92 Å². The normalized spacial score (nSPS) is 11.4. The number of benzene rings is 2. The van der Waals surface area contributed by atoms with Gasteiger partial charge in [-0.3, -0.25) is 9.78 Å². The van der Waals surface area contributed by atoms with Gasteiger partial charge in [0.05, 0.1) is 4.88 Å². The Morgan fingerprint density at radius 1 is 1.16 bits per heavy atom. The summed E-state index contributed by atoms with van der Waals surface area (Å²) in [6, 6.07) is 14.2. The average Bonchev–Trinajstić information content (AvgIpc) is 2.99. The van der Waals surface area contributed by atoms with Crippen LogP contribution in [0.2, 0.25) is 0 Å². The Morgan fingerprint density at radius 3 is 2.48 bits per heavy atom. The number of thiazole rings is 1. The van der Waals surface area contributed by atoms with Crippen LogP contribution in [0.1, 0.15) is 42.3 Å². The maximum absolute atomic E-state index is 12.2. The standard InChI is InChI=1S/C24H28N2O4S/c1-15-11-19(10-9-17(15)13-20-21(27)25-22(28)31-20)18-8-6-7-16(12-18)14-26(5)23(29)30-24(2,3)4/h6-12,27H,13-14H2,1-5H3,(H,25,28). The monoisotopic (exact) mass is 440 g/mol. The molecule has 31 heavy (non-hydrogen) atoms. The Labute approximate surface area is 186 Å². The molecule has 3 aromatic rings. The molecule has 0 fully saturated rings. The van der Waals surface area contributed by atoms with E-state index in [9.17, 15) is 14.7 Å². The van der Waals surface area contributed by atoms with Gasteiger partial charge < -0.3 is 14.7 Å². The highest BCUT2D eigenvalue weighted by molar-refractivity contribution is 7.09. The van der Waals surface area contributed by atoms with Gasteiger partial charge in [0.1, 0.15) is 5.60 Å². The van der Waals surface area contributed by atoms with Crippen molar-refractivity contribution in [3.05, 3.63) is 73.7 Å². The summed E-state index contributed by atoms with van der Waals surface area (Å²) in [7, 11) is 1.73. The van der Waals surface area contributed by atoms with Gasteiger partial charge in [0, 0.05) is 20.0 Å². The number of carbonyl (C=O) groups is 1. The summed E-state index contributed by atoms with van der Waals surface area (Å²) in [6.07, 6.45) is 0.149. The predicted octanol–water partition coefficient (Wildman–Crippen LogP) is 5.08. The number of aromatic hydroxyl groups is 1. The highest BCUT2D eigenvalue weighted by Crippen LogP contribution is 2.27. The number of carbonyl (C=O) groups excluding carboxylic acids is 1. The van der Waals surface area contributed by atoms with Crippen LogP contribution in [0.4, 0.5) is 4.79 Å². The minimum atomic E-state index is -0.528. The first-order chi connectivity index (χ1) is 14.5. The van der Waals surface area contributed by atoms with Gasteiger partial charge in [-0.05, 0) is 61.6 Å². The van der Waals surface area contributed by atoms with Crippen LogP contribution < -0.4 is 4.87 Å². The van der Waals surface area contributed by atoms with E-state index in [-0.39, 0.29) is 16.8 Å². The Morgan fingerprint density at radius 2 is 1.87 bits per heavy atom. The zero-order chi connectivity index (χ0) is 22.8. The predicted molar refractivity (Wildman–Crippen MR) is 124 cm³/mol. The van der Waals surface area contributed by atoms with Crippen molar-refractivity contribution in [3.8, 4) is 17.0 Å². The van der Waals surface area contributed by atoms with Gasteiger partial charge in [0.2, 0.25) is 5.88 Å². The average molecular weight is 441 g/mol. The van der Waals surface area contributed by atoms with Crippen LogP contribution in [0.3, 0.4) is 0 Å². The minimum absolute atomic E-state index is 0.0553. The maximum atomic E-state index is 12.2. The van der Waals surface area contributed by atoms with Crippen LogP contribution in [0.5, 0.6) is 5.88 Å². The minimum Gasteiger partial charge on any atom is -0.494 e. The van der Waals surface area contributed by atoms with E-state index in [4.69, 9.17) is 4.74 Å². The van der Waals surface area contributed by atoms with Crippen LogP contribution in [0.15, 0.2) is 47.3 Å². The summed E-state index contributed by atoms with van der Waals surface area (Å²) >= 11 is 1.03. The first kappa shape index (κ1) is 22.6. The molecule has 0 saturated heterocycles. The van der Waals surface area contributed by atoms with Crippen molar-refractivity contribution < 1.29 is 14.6 Å². The maximum Gasteiger partial charge on any atom is 0.410 e. The molecule has 0 radical (unpaired) electrons. The largest absolute Gasteiger partial charge is 0.494 e. The molecule has 0 aliphatic heterocycles. The van der Waals surface area contributed by atoms with Gasteiger partial charge in [0.25, 0.3) is 0 Å². The molecule has 0 unspecified atom stereocenters. The van der Waals surface area contributed by atoms with E-state index in [2.05, 4.69) is 17.1 Å². The van der Waals surface area contributed by atoms with Crippen molar-refractivity contribution in [1.82, 2.24) is 9.88 Å². The number of nitrogens with one attached hydrogen (secondary N) is 1. The Balaban J connectivity index is 1.76. The van der Waals surface area contributed by atoms with E-state index in [1.54, 1.807) is 11.9 Å². The molecule has 7 heteroatoms. The second-order valence-corrected chi connectivity index (χ2v) is 9.71. The number of rotatable bonds is 5. The molecule has 2 N–H and O–H groups in total. The Kier molecular flexibility index (Phi) is 6.55. The van der Waals surface area contributed by atoms with E-state index >= 15 is 0 Å². The molecule has 164 valence electrons. The lowest BCUT2D eigenvalue weighted by atomic mass is 9.97. The molecule has 0 aliphatic rings. The lowest BCUT2D eigenvalue weighted by Gasteiger charge is -2.24. The molecule has 0 aliphatic carbocycles. The molecule has 1 heterocycles. The number of ether oxygens (including phenoxy) is 1. The molecular formula is C24H28N2O4S. The topological polar surface area (TPSA) is 82.6 Å². The number of hydrogen-bond donors (Lipinski definition) is 2. The lowest BCUT2D eigenvalue weighted by molar-refractivity contribution is 0.0285. The molecule has 6 nitrogen and oxygen atoms in total. The molecule has 0 atom stereocenters. The van der Waals surface area contributed by atoms with Gasteiger partial charge in [-0.2, -0.15) is 0 Å². The third kappa shape index (κ3) is 5.98. The third-order valence-electron chi connectivity index (χ3n) is 4.78. The second-order valence-electron chi connectivity index (χ2n) is 8.64. The molecule has 3 rings (SSSR count). The zero-order valence-electron chi connectivity index (χ0n) is 18.5. The molecule has 2 aromatic carbocycles. The Bertz CT molecular complexity index is 1140. The number of hydrogen-bond acceptors (Lipinski definition) is 5. The van der Waals surface area contributed by atoms with Crippen LogP contribution in [0.25, 0.3) is 11.1 Å². The smallest absolute Gasteiger partial charge is 0.410 e. The first-order valence-corrected chi connectivity index (χ1v) is 10.9. The van der Waals surface area contributed by atoms with Crippen LogP contribution in [-0.4, -0.2) is 33.7 Å². The summed E-state index contributed by atoms with van der Waals surface area (Å²) < 4.78 is 5.42. The first-order valence-electron chi connectivity index (χ1n) is 10.1. The summed E-state index contributed by atoms with van der Waals surface area (Å²) in [4.78, 5) is 28.0. The lowest BCUT2D eigenvalue weighted by Crippen LogP contribution is -2.33. The number of H-pyrrole nitrogens is 1. The van der Waals surface area contributed by atoms with Gasteiger partial charge in [-0.1, -0.05) is 47.7 Å². The third-order valence-corrected chi connectivity index (χ3v) is 5.65. The molecular weight excluding hydrogens is 412 g/mol. The van der Waals surface area contributed by atoms with Crippen LogP contribution in [-0.2, 0) is 17.7 Å². The van der Waals surface area contributed by atoms with E-state index in [1.807, 2.05) is 58.0 Å². The molecule has 0 saturated carbocycles. The van der Waals surface area contributed by atoms with Crippen LogP contribution >= 0.6 is 11.3 Å². The van der Waals surface area contributed by atoms with Crippen molar-refractivity contribution in [2.75, 3.05) is 7.05 Å². The van der Waals surface area contributed by atoms with Gasteiger partial charge >= 0.3 is 11.0 Å². The number of aryl methyl sites for hydroxylation is 1. The van der Waals surface area contributed by atoms with Crippen molar-refractivity contribution in [3.63, 3.8) is 0 Å². The molecule has 1 amide bonds. The number of nitrogens with zero attached hydrogens (tertiary/aromatic N) is 1. The molecule has 0 spiro atoms. The van der Waals surface area contributed by atoms with E-state index in [1.165, 1.54) is 0 Å². The van der Waals surface area contributed by atoms with Crippen molar-refractivity contribution >= 4 is 17.4 Å². The van der Waals surface area contributed by atoms with E-state index < -0.39 is 5.60 Å². The summed E-state index contributed by atoms with van der Waals surface area (Å²) in [5.41, 5.74) is 4.73. The summed E-state index contributed by atoms with van der Waals surface area (Å²) in [6.45, 7) is 8.02. The van der Waals surface area contributed by atoms with Gasteiger partial charge in [-0.15, -0.1) is 0 Å². The fraction of sp³-hybridized carbons (Fsp3) is 0.333. The molecule has 0 bridgehead atoms. The highest BCUT2D eigenvalue weighted by atomic mass is 32.1. The highest BCUT2D eigenvalue weighted by Gasteiger charge is 2.19. The number of aromatic nitrogens is 1. The SMILES string of the molecule is Cc1cc(-c2cccc(CN(C)C(=O)OC(C)(C)C)c2)ccc1Cc1sc(=O)[nH]c1O. The van der Waals surface area contributed by atoms with E-state index in [0.717, 1.165) is 39.2 Å². The fourth-order valence-electron chi connectivity index (χ4n) is 3.25. The zero-order valence-corrected chi connectivity index (χ0v) is 19.3. The summed E-state index contributed by atoms with van der Waals surface area (Å²) in [5, 5.41) is 9.84. The van der Waals surface area contributed by atoms with Gasteiger partial charge in [-0.25, -0.2) is 4.79 Å². The second kappa shape index (κ2) is 8.98. The molecule has 1 aromatic heterocycles.